The molecule has 6 heteroatoms. The quantitative estimate of drug-likeness (QED) is 0.691. The largest absolute Gasteiger partial charge is 0.340 e. The van der Waals surface area contributed by atoms with E-state index < -0.39 is 17.1 Å². The third-order valence-electron chi connectivity index (χ3n) is 3.57. The number of rotatable bonds is 2. The second kappa shape index (κ2) is 5.96. The highest BCUT2D eigenvalue weighted by Gasteiger charge is 2.12. The number of aromatic nitrogens is 2. The zero-order chi connectivity index (χ0) is 16.6. The van der Waals surface area contributed by atoms with E-state index in [0.717, 1.165) is 14.6 Å². The molecule has 0 spiro atoms. The Hall–Kier alpha value is -2.47. The van der Waals surface area contributed by atoms with Crippen LogP contribution in [0.2, 0.25) is 0 Å². The van der Waals surface area contributed by atoms with E-state index in [-0.39, 0.29) is 0 Å². The predicted octanol–water partition coefficient (Wildman–Crippen LogP) is 3.20. The van der Waals surface area contributed by atoms with Crippen LogP contribution < -0.4 is 11.2 Å². The molecule has 0 radical (unpaired) electrons. The minimum Gasteiger partial charge on any atom is -0.269 e. The molecular formula is C17H12BrFN2O2. The van der Waals surface area contributed by atoms with Crippen LogP contribution in [-0.4, -0.2) is 9.13 Å². The fourth-order valence-electron chi connectivity index (χ4n) is 2.34. The standard InChI is InChI=1S/C17H12BrFN2O2/c1-11-14(18)3-2-4-15(11)21-16(22)9-10-20(17(21)23)13-7-5-12(19)6-8-13/h2-10H,1H3. The minimum atomic E-state index is -0.509. The molecule has 1 heterocycles. The molecule has 0 saturated carbocycles. The van der Waals surface area contributed by atoms with Crippen LogP contribution in [0.5, 0.6) is 0 Å². The second-order valence-electron chi connectivity index (χ2n) is 5.00. The van der Waals surface area contributed by atoms with E-state index in [9.17, 15) is 14.0 Å². The third kappa shape index (κ3) is 2.77. The molecule has 2 aromatic carbocycles. The van der Waals surface area contributed by atoms with Crippen molar-refractivity contribution >= 4 is 15.9 Å². The summed E-state index contributed by atoms with van der Waals surface area (Å²) in [6.45, 7) is 1.82. The average Bonchev–Trinajstić information content (AvgIpc) is 2.53. The van der Waals surface area contributed by atoms with E-state index in [1.165, 1.54) is 41.1 Å². The maximum Gasteiger partial charge on any atom is 0.340 e. The molecule has 0 fully saturated rings. The van der Waals surface area contributed by atoms with Crippen molar-refractivity contribution in [3.8, 4) is 11.4 Å². The highest BCUT2D eigenvalue weighted by molar-refractivity contribution is 9.10. The number of hydrogen-bond acceptors (Lipinski definition) is 2. The van der Waals surface area contributed by atoms with E-state index in [4.69, 9.17) is 0 Å². The summed E-state index contributed by atoms with van der Waals surface area (Å²) in [4.78, 5) is 25.0. The zero-order valence-corrected chi connectivity index (χ0v) is 13.7. The SMILES string of the molecule is Cc1c(Br)cccc1-n1c(=O)ccn(-c2ccc(F)cc2)c1=O. The number of benzene rings is 2. The molecule has 0 aliphatic heterocycles. The van der Waals surface area contributed by atoms with Gasteiger partial charge in [-0.2, -0.15) is 0 Å². The van der Waals surface area contributed by atoms with Gasteiger partial charge in [-0.15, -0.1) is 0 Å². The van der Waals surface area contributed by atoms with Crippen LogP contribution in [0.15, 0.2) is 68.8 Å². The molecule has 0 aliphatic rings. The van der Waals surface area contributed by atoms with E-state index in [2.05, 4.69) is 15.9 Å². The van der Waals surface area contributed by atoms with Crippen LogP contribution in [0.25, 0.3) is 11.4 Å². The van der Waals surface area contributed by atoms with Gasteiger partial charge in [0.25, 0.3) is 5.56 Å². The van der Waals surface area contributed by atoms with Crippen molar-refractivity contribution < 1.29 is 4.39 Å². The van der Waals surface area contributed by atoms with Gasteiger partial charge in [0.1, 0.15) is 5.82 Å². The smallest absolute Gasteiger partial charge is 0.269 e. The first-order valence-corrected chi connectivity index (χ1v) is 7.64. The van der Waals surface area contributed by atoms with Gasteiger partial charge in [0.15, 0.2) is 0 Å². The first-order chi connectivity index (χ1) is 11.0. The van der Waals surface area contributed by atoms with Crippen LogP contribution in [0.4, 0.5) is 4.39 Å². The fraction of sp³-hybridized carbons (Fsp3) is 0.0588. The summed E-state index contributed by atoms with van der Waals surface area (Å²) in [5.74, 6) is -0.391. The molecule has 0 amide bonds. The van der Waals surface area contributed by atoms with Crippen molar-refractivity contribution in [2.45, 2.75) is 6.92 Å². The maximum absolute atomic E-state index is 13.1. The Labute approximate surface area is 139 Å². The van der Waals surface area contributed by atoms with Gasteiger partial charge in [-0.25, -0.2) is 13.8 Å². The van der Waals surface area contributed by atoms with Crippen LogP contribution in [-0.2, 0) is 0 Å². The fourth-order valence-corrected chi connectivity index (χ4v) is 2.69. The lowest BCUT2D eigenvalue weighted by atomic mass is 10.2. The van der Waals surface area contributed by atoms with Crippen molar-refractivity contribution in [2.24, 2.45) is 0 Å². The van der Waals surface area contributed by atoms with Crippen molar-refractivity contribution in [2.75, 3.05) is 0 Å². The Morgan fingerprint density at radius 1 is 1.00 bits per heavy atom. The van der Waals surface area contributed by atoms with Crippen LogP contribution in [0, 0.1) is 12.7 Å². The lowest BCUT2D eigenvalue weighted by Crippen LogP contribution is -2.37. The van der Waals surface area contributed by atoms with Crippen LogP contribution in [0.3, 0.4) is 0 Å². The maximum atomic E-state index is 13.1. The zero-order valence-electron chi connectivity index (χ0n) is 12.2. The number of halogens is 2. The first kappa shape index (κ1) is 15.4. The van der Waals surface area contributed by atoms with Gasteiger partial charge in [0, 0.05) is 16.7 Å². The molecule has 3 rings (SSSR count). The summed E-state index contributed by atoms with van der Waals surface area (Å²) in [6.07, 6.45) is 1.39. The van der Waals surface area contributed by atoms with Gasteiger partial charge in [-0.05, 0) is 48.9 Å². The monoisotopic (exact) mass is 374 g/mol. The molecule has 4 nitrogen and oxygen atoms in total. The van der Waals surface area contributed by atoms with Gasteiger partial charge >= 0.3 is 5.69 Å². The summed E-state index contributed by atoms with van der Waals surface area (Å²) in [7, 11) is 0. The van der Waals surface area contributed by atoms with Crippen molar-refractivity contribution in [3.05, 3.63) is 91.4 Å². The van der Waals surface area contributed by atoms with Crippen molar-refractivity contribution in [1.82, 2.24) is 9.13 Å². The molecular weight excluding hydrogens is 363 g/mol. The van der Waals surface area contributed by atoms with Crippen molar-refractivity contribution in [1.29, 1.82) is 0 Å². The Bertz CT molecular complexity index is 991. The van der Waals surface area contributed by atoms with Gasteiger partial charge in [0.2, 0.25) is 0 Å². The minimum absolute atomic E-state index is 0.391. The Balaban J connectivity index is 2.29. The summed E-state index contributed by atoms with van der Waals surface area (Å²) in [5, 5.41) is 0. The first-order valence-electron chi connectivity index (χ1n) is 6.85. The van der Waals surface area contributed by atoms with E-state index in [1.54, 1.807) is 12.1 Å². The highest BCUT2D eigenvalue weighted by atomic mass is 79.9. The van der Waals surface area contributed by atoms with Crippen LogP contribution >= 0.6 is 15.9 Å². The second-order valence-corrected chi connectivity index (χ2v) is 5.86. The average molecular weight is 375 g/mol. The van der Waals surface area contributed by atoms with E-state index in [0.29, 0.717) is 11.4 Å². The summed E-state index contributed by atoms with van der Waals surface area (Å²) < 4.78 is 16.3. The third-order valence-corrected chi connectivity index (χ3v) is 4.43. The topological polar surface area (TPSA) is 44.0 Å². The van der Waals surface area contributed by atoms with Crippen molar-refractivity contribution in [3.63, 3.8) is 0 Å². The van der Waals surface area contributed by atoms with Crippen LogP contribution in [0.1, 0.15) is 5.56 Å². The molecule has 0 bridgehead atoms. The van der Waals surface area contributed by atoms with Gasteiger partial charge in [-0.1, -0.05) is 22.0 Å². The summed E-state index contributed by atoms with van der Waals surface area (Å²) >= 11 is 3.40. The Morgan fingerprint density at radius 2 is 1.70 bits per heavy atom. The summed E-state index contributed by atoms with van der Waals surface area (Å²) in [6, 6.07) is 12.1. The lowest BCUT2D eigenvalue weighted by Gasteiger charge is -2.12. The molecule has 0 atom stereocenters. The number of hydrogen-bond donors (Lipinski definition) is 0. The Morgan fingerprint density at radius 3 is 2.39 bits per heavy atom. The predicted molar refractivity (Wildman–Crippen MR) is 90.0 cm³/mol. The van der Waals surface area contributed by atoms with E-state index >= 15 is 0 Å². The molecule has 0 aliphatic carbocycles. The molecule has 0 saturated heterocycles. The summed E-state index contributed by atoms with van der Waals surface area (Å²) in [5.41, 5.74) is 0.840. The molecule has 1 aromatic heterocycles. The molecule has 23 heavy (non-hydrogen) atoms. The highest BCUT2D eigenvalue weighted by Crippen LogP contribution is 2.20. The van der Waals surface area contributed by atoms with Gasteiger partial charge in [-0.3, -0.25) is 9.36 Å². The molecule has 116 valence electrons. The molecule has 3 aromatic rings. The number of nitrogens with zero attached hydrogens (tertiary/aromatic N) is 2. The van der Waals surface area contributed by atoms with E-state index in [1.807, 2.05) is 13.0 Å². The molecule has 0 unspecified atom stereocenters. The normalized spacial score (nSPS) is 10.7. The van der Waals surface area contributed by atoms with Gasteiger partial charge in [0.05, 0.1) is 11.4 Å². The lowest BCUT2D eigenvalue weighted by molar-refractivity contribution is 0.627. The van der Waals surface area contributed by atoms with Gasteiger partial charge < -0.3 is 0 Å². The Kier molecular flexibility index (Phi) is 4.00. The molecule has 0 N–H and O–H groups in total.